The van der Waals surface area contributed by atoms with Gasteiger partial charge in [-0.15, -0.1) is 0 Å². The predicted octanol–water partition coefficient (Wildman–Crippen LogP) is 4.19. The van der Waals surface area contributed by atoms with Crippen LogP contribution >= 0.6 is 11.6 Å². The number of hydrogen-bond donors (Lipinski definition) is 1. The van der Waals surface area contributed by atoms with Gasteiger partial charge in [-0.2, -0.15) is 0 Å². The fourth-order valence-electron chi connectivity index (χ4n) is 1.73. The molecule has 1 N–H and O–H groups in total. The molecule has 5 heteroatoms. The molecule has 0 saturated carbocycles. The summed E-state index contributed by atoms with van der Waals surface area (Å²) in [5.41, 5.74) is 1.55. The third-order valence-electron chi connectivity index (χ3n) is 2.95. The van der Waals surface area contributed by atoms with Crippen LogP contribution in [0.3, 0.4) is 0 Å². The maximum atomic E-state index is 12.8. The third-order valence-corrected chi connectivity index (χ3v) is 3.19. The van der Waals surface area contributed by atoms with Crippen molar-refractivity contribution in [2.24, 2.45) is 0 Å². The molecule has 0 aliphatic rings. The van der Waals surface area contributed by atoms with Crippen molar-refractivity contribution < 1.29 is 13.9 Å². The summed E-state index contributed by atoms with van der Waals surface area (Å²) < 4.78 is 18.3. The van der Waals surface area contributed by atoms with Crippen LogP contribution in [0.2, 0.25) is 5.02 Å². The van der Waals surface area contributed by atoms with Crippen LogP contribution < -0.4 is 10.1 Å². The van der Waals surface area contributed by atoms with E-state index in [1.165, 1.54) is 24.3 Å². The van der Waals surface area contributed by atoms with Gasteiger partial charge in [0.25, 0.3) is 5.91 Å². The Kier molecular flexibility index (Phi) is 4.81. The van der Waals surface area contributed by atoms with Crippen LogP contribution in [0, 0.1) is 12.7 Å². The quantitative estimate of drug-likeness (QED) is 0.919. The fraction of sp³-hybridized carbons (Fsp3) is 0.188. The lowest BCUT2D eigenvalue weighted by Crippen LogP contribution is -2.30. The molecule has 21 heavy (non-hydrogen) atoms. The van der Waals surface area contributed by atoms with E-state index in [1.54, 1.807) is 19.1 Å². The van der Waals surface area contributed by atoms with E-state index >= 15 is 0 Å². The zero-order chi connectivity index (χ0) is 15.4. The van der Waals surface area contributed by atoms with Crippen molar-refractivity contribution in [3.05, 3.63) is 58.9 Å². The number of benzene rings is 2. The average Bonchev–Trinajstić information content (AvgIpc) is 2.45. The molecule has 0 fully saturated rings. The van der Waals surface area contributed by atoms with Crippen LogP contribution in [-0.4, -0.2) is 12.0 Å². The molecule has 2 aromatic rings. The van der Waals surface area contributed by atoms with Crippen LogP contribution in [-0.2, 0) is 4.79 Å². The molecule has 3 nitrogen and oxygen atoms in total. The summed E-state index contributed by atoms with van der Waals surface area (Å²) in [6, 6.07) is 10.8. The normalized spacial score (nSPS) is 11.8. The Morgan fingerprint density at radius 1 is 1.24 bits per heavy atom. The van der Waals surface area contributed by atoms with E-state index in [9.17, 15) is 9.18 Å². The third kappa shape index (κ3) is 4.20. The van der Waals surface area contributed by atoms with Crippen molar-refractivity contribution in [3.8, 4) is 5.75 Å². The highest BCUT2D eigenvalue weighted by Gasteiger charge is 2.16. The number of carbonyl (C=O) groups is 1. The zero-order valence-corrected chi connectivity index (χ0v) is 12.4. The van der Waals surface area contributed by atoms with Gasteiger partial charge in [-0.3, -0.25) is 4.79 Å². The molecule has 0 aliphatic heterocycles. The fourth-order valence-corrected chi connectivity index (χ4v) is 1.91. The van der Waals surface area contributed by atoms with Crippen molar-refractivity contribution in [2.75, 3.05) is 5.32 Å². The monoisotopic (exact) mass is 307 g/mol. The van der Waals surface area contributed by atoms with E-state index in [-0.39, 0.29) is 11.7 Å². The van der Waals surface area contributed by atoms with Crippen molar-refractivity contribution in [1.82, 2.24) is 0 Å². The van der Waals surface area contributed by atoms with Crippen molar-refractivity contribution in [3.63, 3.8) is 0 Å². The highest BCUT2D eigenvalue weighted by molar-refractivity contribution is 6.31. The average molecular weight is 308 g/mol. The lowest BCUT2D eigenvalue weighted by molar-refractivity contribution is -0.122. The van der Waals surface area contributed by atoms with Crippen molar-refractivity contribution in [1.29, 1.82) is 0 Å². The number of aryl methyl sites for hydroxylation is 1. The van der Waals surface area contributed by atoms with E-state index in [0.717, 1.165) is 5.56 Å². The van der Waals surface area contributed by atoms with Gasteiger partial charge in [-0.1, -0.05) is 17.7 Å². The summed E-state index contributed by atoms with van der Waals surface area (Å²) in [6.07, 6.45) is -0.714. The van der Waals surface area contributed by atoms with E-state index in [1.807, 2.05) is 13.0 Å². The zero-order valence-electron chi connectivity index (χ0n) is 11.7. The molecule has 0 bridgehead atoms. The topological polar surface area (TPSA) is 38.3 Å². The van der Waals surface area contributed by atoms with Crippen LogP contribution in [0.4, 0.5) is 10.1 Å². The SMILES string of the molecule is Cc1ccc(Cl)cc1NC(=O)C(C)Oc1ccc(F)cc1. The molecular weight excluding hydrogens is 293 g/mol. The summed E-state index contributed by atoms with van der Waals surface area (Å²) >= 11 is 5.91. The molecule has 2 aromatic carbocycles. The molecule has 1 atom stereocenters. The Morgan fingerprint density at radius 2 is 1.90 bits per heavy atom. The highest BCUT2D eigenvalue weighted by atomic mass is 35.5. The van der Waals surface area contributed by atoms with Crippen molar-refractivity contribution in [2.45, 2.75) is 20.0 Å². The van der Waals surface area contributed by atoms with E-state index in [4.69, 9.17) is 16.3 Å². The standard InChI is InChI=1S/C16H15ClFNO2/c1-10-3-4-12(17)9-15(10)19-16(20)11(2)21-14-7-5-13(18)6-8-14/h3-9,11H,1-2H3,(H,19,20). The predicted molar refractivity (Wildman–Crippen MR) is 81.3 cm³/mol. The van der Waals surface area contributed by atoms with Crippen LogP contribution in [0.5, 0.6) is 5.75 Å². The molecule has 0 radical (unpaired) electrons. The Morgan fingerprint density at radius 3 is 2.57 bits per heavy atom. The molecule has 2 rings (SSSR count). The lowest BCUT2D eigenvalue weighted by Gasteiger charge is -2.16. The Balaban J connectivity index is 2.02. The second-order valence-corrected chi connectivity index (χ2v) is 5.10. The first-order valence-electron chi connectivity index (χ1n) is 6.45. The Hall–Kier alpha value is -2.07. The molecule has 0 saturated heterocycles. The minimum absolute atomic E-state index is 0.301. The number of halogens is 2. The summed E-state index contributed by atoms with van der Waals surface area (Å²) in [6.45, 7) is 3.50. The van der Waals surface area contributed by atoms with Crippen LogP contribution in [0.25, 0.3) is 0 Å². The number of carbonyl (C=O) groups excluding carboxylic acids is 1. The van der Waals surface area contributed by atoms with Gasteiger partial charge in [0.15, 0.2) is 6.10 Å². The lowest BCUT2D eigenvalue weighted by atomic mass is 10.2. The molecule has 1 unspecified atom stereocenters. The smallest absolute Gasteiger partial charge is 0.265 e. The number of rotatable bonds is 4. The minimum atomic E-state index is -0.714. The van der Waals surface area contributed by atoms with Gasteiger partial charge in [-0.25, -0.2) is 4.39 Å². The van der Waals surface area contributed by atoms with Gasteiger partial charge >= 0.3 is 0 Å². The first-order valence-corrected chi connectivity index (χ1v) is 6.83. The molecule has 0 aliphatic carbocycles. The maximum Gasteiger partial charge on any atom is 0.265 e. The number of anilines is 1. The molecule has 0 heterocycles. The molecule has 0 spiro atoms. The highest BCUT2D eigenvalue weighted by Crippen LogP contribution is 2.21. The first-order chi connectivity index (χ1) is 9.95. The number of hydrogen-bond acceptors (Lipinski definition) is 2. The van der Waals surface area contributed by atoms with Crippen LogP contribution in [0.1, 0.15) is 12.5 Å². The van der Waals surface area contributed by atoms with E-state index in [0.29, 0.717) is 16.5 Å². The van der Waals surface area contributed by atoms with Crippen molar-refractivity contribution >= 4 is 23.2 Å². The number of nitrogens with one attached hydrogen (secondary N) is 1. The van der Waals surface area contributed by atoms with Gasteiger partial charge in [0.05, 0.1) is 0 Å². The number of amides is 1. The molecule has 110 valence electrons. The van der Waals surface area contributed by atoms with Gasteiger partial charge in [0.1, 0.15) is 11.6 Å². The first kappa shape index (κ1) is 15.3. The largest absolute Gasteiger partial charge is 0.481 e. The van der Waals surface area contributed by atoms with Gasteiger partial charge in [-0.05, 0) is 55.8 Å². The maximum absolute atomic E-state index is 12.8. The Bertz CT molecular complexity index is 643. The number of ether oxygens (including phenoxy) is 1. The van der Waals surface area contributed by atoms with E-state index in [2.05, 4.69) is 5.32 Å². The summed E-state index contributed by atoms with van der Waals surface area (Å²) in [5, 5.41) is 3.30. The summed E-state index contributed by atoms with van der Waals surface area (Å²) in [5.74, 6) is -0.222. The summed E-state index contributed by atoms with van der Waals surface area (Å²) in [4.78, 5) is 12.1. The van der Waals surface area contributed by atoms with Gasteiger partial charge in [0, 0.05) is 10.7 Å². The molecular formula is C16H15ClFNO2. The van der Waals surface area contributed by atoms with Gasteiger partial charge < -0.3 is 10.1 Å². The second kappa shape index (κ2) is 6.59. The Labute approximate surface area is 127 Å². The molecule has 1 amide bonds. The second-order valence-electron chi connectivity index (χ2n) is 4.66. The minimum Gasteiger partial charge on any atom is -0.481 e. The van der Waals surface area contributed by atoms with Gasteiger partial charge in [0.2, 0.25) is 0 Å². The van der Waals surface area contributed by atoms with E-state index < -0.39 is 6.10 Å². The van der Waals surface area contributed by atoms with Crippen LogP contribution in [0.15, 0.2) is 42.5 Å². The molecule has 0 aromatic heterocycles. The summed E-state index contributed by atoms with van der Waals surface area (Å²) in [7, 11) is 0.